The second kappa shape index (κ2) is 7.02. The Hall–Kier alpha value is -1.73. The number of morpholine rings is 1. The summed E-state index contributed by atoms with van der Waals surface area (Å²) in [6, 6.07) is 1.67. The van der Waals surface area contributed by atoms with E-state index in [1.54, 1.807) is 12.4 Å². The van der Waals surface area contributed by atoms with E-state index in [-0.39, 0.29) is 24.1 Å². The molecule has 2 fully saturated rings. The van der Waals surface area contributed by atoms with Gasteiger partial charge in [-0.1, -0.05) is 0 Å². The molecule has 120 valence electrons. The van der Waals surface area contributed by atoms with Crippen molar-refractivity contribution in [3.8, 4) is 0 Å². The summed E-state index contributed by atoms with van der Waals surface area (Å²) >= 11 is 0. The van der Waals surface area contributed by atoms with Crippen molar-refractivity contribution in [1.29, 1.82) is 0 Å². The van der Waals surface area contributed by atoms with Crippen molar-refractivity contribution in [2.75, 3.05) is 31.1 Å². The Kier molecular flexibility index (Phi) is 4.84. The summed E-state index contributed by atoms with van der Waals surface area (Å²) in [5.74, 6) is 0.752. The third-order valence-corrected chi connectivity index (χ3v) is 4.20. The highest BCUT2D eigenvalue weighted by atomic mass is 16.5. The molecule has 0 aromatic carbocycles. The van der Waals surface area contributed by atoms with Gasteiger partial charge < -0.3 is 20.3 Å². The minimum Gasteiger partial charge on any atom is -0.375 e. The van der Waals surface area contributed by atoms with Crippen molar-refractivity contribution >= 4 is 11.9 Å². The van der Waals surface area contributed by atoms with Crippen molar-refractivity contribution in [2.24, 2.45) is 0 Å². The maximum atomic E-state index is 12.4. The standard InChI is InChI=1S/C15H23N5O2/c1-11-13(16-7-9-22-11)14(21)19-12-4-2-8-20(10-12)15-17-5-3-6-18-15/h3,5-6,11-13,16H,2,4,7-10H2,1H3,(H,19,21)/t11-,12?,13+/m1/s1. The molecular weight excluding hydrogens is 282 g/mol. The summed E-state index contributed by atoms with van der Waals surface area (Å²) < 4.78 is 5.54. The zero-order chi connectivity index (χ0) is 15.4. The molecule has 7 heteroatoms. The molecule has 0 aliphatic carbocycles. The number of carbonyl (C=O) groups is 1. The maximum Gasteiger partial charge on any atom is 0.240 e. The summed E-state index contributed by atoms with van der Waals surface area (Å²) in [5, 5.41) is 6.37. The highest BCUT2D eigenvalue weighted by Crippen LogP contribution is 2.15. The number of piperidine rings is 1. The van der Waals surface area contributed by atoms with Gasteiger partial charge in [-0.05, 0) is 25.8 Å². The average Bonchev–Trinajstić information content (AvgIpc) is 2.56. The number of amides is 1. The smallest absolute Gasteiger partial charge is 0.240 e. The zero-order valence-corrected chi connectivity index (χ0v) is 12.9. The van der Waals surface area contributed by atoms with Gasteiger partial charge in [0.25, 0.3) is 0 Å². The number of nitrogens with one attached hydrogen (secondary N) is 2. The van der Waals surface area contributed by atoms with Crippen LogP contribution in [0.2, 0.25) is 0 Å². The first-order valence-electron chi connectivity index (χ1n) is 7.91. The molecule has 0 saturated carbocycles. The van der Waals surface area contributed by atoms with Crippen molar-refractivity contribution in [3.63, 3.8) is 0 Å². The van der Waals surface area contributed by atoms with Crippen molar-refractivity contribution in [1.82, 2.24) is 20.6 Å². The number of aromatic nitrogens is 2. The summed E-state index contributed by atoms with van der Waals surface area (Å²) in [6.45, 7) is 4.99. The molecule has 0 bridgehead atoms. The van der Waals surface area contributed by atoms with Gasteiger partial charge in [-0.3, -0.25) is 4.79 Å². The van der Waals surface area contributed by atoms with Crippen LogP contribution in [-0.4, -0.2) is 60.3 Å². The first-order chi connectivity index (χ1) is 10.7. The van der Waals surface area contributed by atoms with Crippen LogP contribution in [0, 0.1) is 0 Å². The number of carbonyl (C=O) groups excluding carboxylic acids is 1. The lowest BCUT2D eigenvalue weighted by molar-refractivity contribution is -0.129. The van der Waals surface area contributed by atoms with Crippen LogP contribution in [0.25, 0.3) is 0 Å². The van der Waals surface area contributed by atoms with Crippen LogP contribution in [0.3, 0.4) is 0 Å². The van der Waals surface area contributed by atoms with E-state index in [0.717, 1.165) is 38.4 Å². The van der Waals surface area contributed by atoms with Crippen LogP contribution in [0.1, 0.15) is 19.8 Å². The molecule has 0 spiro atoms. The van der Waals surface area contributed by atoms with Gasteiger partial charge in [-0.15, -0.1) is 0 Å². The fourth-order valence-electron chi connectivity index (χ4n) is 3.05. The fraction of sp³-hybridized carbons (Fsp3) is 0.667. The van der Waals surface area contributed by atoms with Gasteiger partial charge in [0.05, 0.1) is 12.7 Å². The van der Waals surface area contributed by atoms with E-state index in [4.69, 9.17) is 4.74 Å². The summed E-state index contributed by atoms with van der Waals surface area (Å²) in [4.78, 5) is 23.1. The molecule has 2 aliphatic rings. The van der Waals surface area contributed by atoms with Crippen molar-refractivity contribution in [3.05, 3.63) is 18.5 Å². The quantitative estimate of drug-likeness (QED) is 0.814. The van der Waals surface area contributed by atoms with Crippen molar-refractivity contribution < 1.29 is 9.53 Å². The van der Waals surface area contributed by atoms with Gasteiger partial charge in [0, 0.05) is 38.1 Å². The second-order valence-corrected chi connectivity index (χ2v) is 5.85. The molecule has 22 heavy (non-hydrogen) atoms. The van der Waals surface area contributed by atoms with Gasteiger partial charge in [0.15, 0.2) is 0 Å². The Bertz CT molecular complexity index is 498. The Morgan fingerprint density at radius 3 is 3.05 bits per heavy atom. The first kappa shape index (κ1) is 15.2. The van der Waals surface area contributed by atoms with Gasteiger partial charge in [0.2, 0.25) is 11.9 Å². The lowest BCUT2D eigenvalue weighted by Gasteiger charge is -2.35. The molecule has 2 aliphatic heterocycles. The molecule has 1 amide bonds. The van der Waals surface area contributed by atoms with E-state index in [9.17, 15) is 4.79 Å². The zero-order valence-electron chi connectivity index (χ0n) is 12.9. The van der Waals surface area contributed by atoms with Crippen molar-refractivity contribution in [2.45, 2.75) is 38.0 Å². The molecule has 1 aromatic heterocycles. The van der Waals surface area contributed by atoms with Crippen LogP contribution in [0.15, 0.2) is 18.5 Å². The minimum absolute atomic E-state index is 0.0213. The van der Waals surface area contributed by atoms with Gasteiger partial charge in [-0.25, -0.2) is 9.97 Å². The van der Waals surface area contributed by atoms with E-state index in [1.807, 2.05) is 13.0 Å². The fourth-order valence-corrected chi connectivity index (χ4v) is 3.05. The molecule has 3 heterocycles. The molecule has 3 rings (SSSR count). The SMILES string of the molecule is C[C@H]1OCCN[C@@H]1C(=O)NC1CCCN(c2ncccn2)C1. The largest absolute Gasteiger partial charge is 0.375 e. The molecule has 1 unspecified atom stereocenters. The number of ether oxygens (including phenoxy) is 1. The third-order valence-electron chi connectivity index (χ3n) is 4.20. The van der Waals surface area contributed by atoms with Gasteiger partial charge in [0.1, 0.15) is 6.04 Å². The van der Waals surface area contributed by atoms with E-state index in [0.29, 0.717) is 6.61 Å². The number of rotatable bonds is 3. The van der Waals surface area contributed by atoms with Crippen LogP contribution in [0.4, 0.5) is 5.95 Å². The Morgan fingerprint density at radius 2 is 2.27 bits per heavy atom. The molecule has 1 aromatic rings. The number of nitrogens with zero attached hydrogens (tertiary/aromatic N) is 3. The molecule has 0 radical (unpaired) electrons. The summed E-state index contributed by atoms with van der Waals surface area (Å²) in [7, 11) is 0. The predicted molar refractivity (Wildman–Crippen MR) is 82.6 cm³/mol. The van der Waals surface area contributed by atoms with Gasteiger partial charge in [-0.2, -0.15) is 0 Å². The highest BCUT2D eigenvalue weighted by molar-refractivity contribution is 5.82. The molecule has 7 nitrogen and oxygen atoms in total. The van der Waals surface area contributed by atoms with Crippen LogP contribution in [0.5, 0.6) is 0 Å². The van der Waals surface area contributed by atoms with E-state index >= 15 is 0 Å². The monoisotopic (exact) mass is 305 g/mol. The predicted octanol–water partition coefficient (Wildman–Crippen LogP) is -0.0615. The number of anilines is 1. The maximum absolute atomic E-state index is 12.4. The van der Waals surface area contributed by atoms with Gasteiger partial charge >= 0.3 is 0 Å². The van der Waals surface area contributed by atoms with E-state index < -0.39 is 0 Å². The Morgan fingerprint density at radius 1 is 1.45 bits per heavy atom. The lowest BCUT2D eigenvalue weighted by atomic mass is 10.0. The molecule has 3 atom stereocenters. The molecule has 2 saturated heterocycles. The summed E-state index contributed by atoms with van der Waals surface area (Å²) in [6.07, 6.45) is 5.40. The van der Waals surface area contributed by atoms with E-state index in [1.165, 1.54) is 0 Å². The summed E-state index contributed by atoms with van der Waals surface area (Å²) in [5.41, 5.74) is 0. The number of hydrogen-bond donors (Lipinski definition) is 2. The highest BCUT2D eigenvalue weighted by Gasteiger charge is 2.31. The Labute approximate surface area is 130 Å². The average molecular weight is 305 g/mol. The molecular formula is C15H23N5O2. The Balaban J connectivity index is 1.57. The van der Waals surface area contributed by atoms with E-state index in [2.05, 4.69) is 25.5 Å². The topological polar surface area (TPSA) is 79.4 Å². The van der Waals surface area contributed by atoms with Crippen LogP contribution < -0.4 is 15.5 Å². The second-order valence-electron chi connectivity index (χ2n) is 5.85. The lowest BCUT2D eigenvalue weighted by Crippen LogP contribution is -2.59. The number of hydrogen-bond acceptors (Lipinski definition) is 6. The van der Waals surface area contributed by atoms with Crippen LogP contribution >= 0.6 is 0 Å². The van der Waals surface area contributed by atoms with Crippen LogP contribution in [-0.2, 0) is 9.53 Å². The minimum atomic E-state index is -0.267. The molecule has 2 N–H and O–H groups in total. The first-order valence-corrected chi connectivity index (χ1v) is 7.91. The normalized spacial score (nSPS) is 29.1. The third kappa shape index (κ3) is 3.53.